The second-order valence-corrected chi connectivity index (χ2v) is 7.08. The highest BCUT2D eigenvalue weighted by atomic mass is 19.3. The molecule has 0 radical (unpaired) electrons. The third-order valence-electron chi connectivity index (χ3n) is 4.89. The van der Waals surface area contributed by atoms with Crippen LogP contribution in [0.15, 0.2) is 24.9 Å². The fourth-order valence-corrected chi connectivity index (χ4v) is 3.25. The number of nitrogens with one attached hydrogen (secondary N) is 2. The lowest BCUT2D eigenvalue weighted by Gasteiger charge is -2.14. The first-order valence-corrected chi connectivity index (χ1v) is 9.61. The molecule has 0 aliphatic heterocycles. The van der Waals surface area contributed by atoms with Crippen LogP contribution in [0.2, 0.25) is 0 Å². The van der Waals surface area contributed by atoms with Crippen LogP contribution in [0.1, 0.15) is 22.5 Å². The van der Waals surface area contributed by atoms with Gasteiger partial charge in [-0.2, -0.15) is 5.10 Å². The molecule has 172 valence electrons. The number of pyridine rings is 1. The van der Waals surface area contributed by atoms with Crippen molar-refractivity contribution in [3.05, 3.63) is 36.3 Å². The van der Waals surface area contributed by atoms with E-state index in [4.69, 9.17) is 5.73 Å². The Labute approximate surface area is 184 Å². The molecule has 1 atom stereocenters. The molecule has 14 heteroatoms. The Hall–Kier alpha value is -4.23. The summed E-state index contributed by atoms with van der Waals surface area (Å²) in [5, 5.41) is 9.44. The highest BCUT2D eigenvalue weighted by Crippen LogP contribution is 2.33. The number of alkyl halides is 3. The molecule has 4 aromatic heterocycles. The van der Waals surface area contributed by atoms with Crippen molar-refractivity contribution >= 4 is 34.3 Å². The van der Waals surface area contributed by atoms with Crippen LogP contribution in [0.5, 0.6) is 0 Å². The van der Waals surface area contributed by atoms with Gasteiger partial charge in [0.1, 0.15) is 11.2 Å². The van der Waals surface area contributed by atoms with Crippen molar-refractivity contribution in [1.82, 2.24) is 34.3 Å². The number of anilines is 3. The summed E-state index contributed by atoms with van der Waals surface area (Å²) in [4.78, 5) is 29.6. The van der Waals surface area contributed by atoms with Gasteiger partial charge in [-0.1, -0.05) is 0 Å². The molecule has 1 amide bonds. The van der Waals surface area contributed by atoms with E-state index in [2.05, 4.69) is 35.7 Å². The number of amides is 1. The molecule has 0 aliphatic rings. The van der Waals surface area contributed by atoms with Crippen molar-refractivity contribution in [2.45, 2.75) is 19.6 Å². The number of halogens is 3. The average Bonchev–Trinajstić information content (AvgIpc) is 3.35. The third-order valence-corrected chi connectivity index (χ3v) is 4.89. The molecule has 0 aromatic carbocycles. The van der Waals surface area contributed by atoms with Gasteiger partial charge in [-0.25, -0.2) is 32.8 Å². The van der Waals surface area contributed by atoms with E-state index in [9.17, 15) is 18.0 Å². The number of carbonyl (C=O) groups excluding carboxylic acids is 1. The van der Waals surface area contributed by atoms with Crippen molar-refractivity contribution in [3.63, 3.8) is 0 Å². The van der Waals surface area contributed by atoms with Crippen molar-refractivity contribution in [2.24, 2.45) is 12.8 Å². The summed E-state index contributed by atoms with van der Waals surface area (Å²) in [6, 6.07) is 0. The predicted molar refractivity (Wildman–Crippen MR) is 114 cm³/mol. The van der Waals surface area contributed by atoms with Gasteiger partial charge < -0.3 is 20.9 Å². The van der Waals surface area contributed by atoms with E-state index < -0.39 is 18.6 Å². The Morgan fingerprint density at radius 3 is 2.61 bits per heavy atom. The Balaban J connectivity index is 1.82. The lowest BCUT2D eigenvalue weighted by Crippen LogP contribution is -2.18. The summed E-state index contributed by atoms with van der Waals surface area (Å²) in [5.74, 6) is -0.689. The number of rotatable bonds is 7. The zero-order valence-electron chi connectivity index (χ0n) is 17.7. The minimum absolute atomic E-state index is 0.0631. The van der Waals surface area contributed by atoms with Gasteiger partial charge in [-0.05, 0) is 6.92 Å². The number of fused-ring (bicyclic) bond motifs is 1. The molecular formula is C19H19F3N10O. The second kappa shape index (κ2) is 8.37. The van der Waals surface area contributed by atoms with E-state index in [1.165, 1.54) is 13.1 Å². The standard InChI is InChI=1S/C19H19F3N10O/c1-8-10(6-32(30-8)16(22)15(20)21)27-19-14(17(23)33)28-13(18(24-2)29-19)9-4-25-5-11-12(9)26-7-31(11)3/h4-7,15-16H,1-3H3,(H2,23,33)(H2,24,27,29). The van der Waals surface area contributed by atoms with Crippen molar-refractivity contribution < 1.29 is 18.0 Å². The van der Waals surface area contributed by atoms with E-state index >= 15 is 0 Å². The topological polar surface area (TPSA) is 141 Å². The second-order valence-electron chi connectivity index (χ2n) is 7.08. The van der Waals surface area contributed by atoms with E-state index in [0.717, 1.165) is 11.7 Å². The van der Waals surface area contributed by atoms with Crippen LogP contribution in [-0.2, 0) is 7.05 Å². The van der Waals surface area contributed by atoms with Gasteiger partial charge in [0.25, 0.3) is 18.6 Å². The summed E-state index contributed by atoms with van der Waals surface area (Å²) in [7, 11) is 3.42. The SMILES string of the molecule is CNc1nc(Nc2cn(C(F)C(F)F)nc2C)c(C(N)=O)nc1-c1cncc2c1ncn2C. The monoisotopic (exact) mass is 460 g/mol. The van der Waals surface area contributed by atoms with Crippen LogP contribution in [-0.4, -0.2) is 53.7 Å². The Morgan fingerprint density at radius 1 is 1.18 bits per heavy atom. The zero-order chi connectivity index (χ0) is 23.9. The van der Waals surface area contributed by atoms with Crippen LogP contribution in [0.4, 0.5) is 30.5 Å². The molecule has 0 bridgehead atoms. The molecule has 4 aromatic rings. The number of primary amides is 1. The highest BCUT2D eigenvalue weighted by Gasteiger charge is 2.25. The first-order valence-electron chi connectivity index (χ1n) is 9.61. The summed E-state index contributed by atoms with van der Waals surface area (Å²) >= 11 is 0. The number of hydrogen-bond acceptors (Lipinski definition) is 8. The molecule has 33 heavy (non-hydrogen) atoms. The van der Waals surface area contributed by atoms with Gasteiger partial charge in [0.15, 0.2) is 17.3 Å². The molecule has 0 saturated carbocycles. The predicted octanol–water partition coefficient (Wildman–Crippen LogP) is 2.55. The maximum atomic E-state index is 13.7. The number of carbonyl (C=O) groups is 1. The molecule has 11 nitrogen and oxygen atoms in total. The van der Waals surface area contributed by atoms with E-state index in [1.54, 1.807) is 24.1 Å². The summed E-state index contributed by atoms with van der Waals surface area (Å²) in [5.41, 5.74) is 7.79. The maximum Gasteiger partial charge on any atom is 0.289 e. The Bertz CT molecular complexity index is 1350. The third kappa shape index (κ3) is 3.90. The van der Waals surface area contributed by atoms with Crippen molar-refractivity contribution in [2.75, 3.05) is 17.7 Å². The smallest absolute Gasteiger partial charge is 0.289 e. The van der Waals surface area contributed by atoms with Gasteiger partial charge in [0, 0.05) is 20.3 Å². The fraction of sp³-hybridized carbons (Fsp3) is 0.263. The van der Waals surface area contributed by atoms with Gasteiger partial charge in [0.05, 0.1) is 41.2 Å². The van der Waals surface area contributed by atoms with Crippen LogP contribution in [0.3, 0.4) is 0 Å². The molecule has 4 N–H and O–H groups in total. The van der Waals surface area contributed by atoms with Gasteiger partial charge in [-0.3, -0.25) is 9.78 Å². The summed E-state index contributed by atoms with van der Waals surface area (Å²) < 4.78 is 41.4. The zero-order valence-corrected chi connectivity index (χ0v) is 17.7. The van der Waals surface area contributed by atoms with Gasteiger partial charge in [0.2, 0.25) is 0 Å². The molecule has 0 fully saturated rings. The number of imidazole rings is 1. The normalized spacial score (nSPS) is 12.3. The Kier molecular flexibility index (Phi) is 5.57. The maximum absolute atomic E-state index is 13.7. The van der Waals surface area contributed by atoms with E-state index in [1.807, 2.05) is 7.05 Å². The first kappa shape index (κ1) is 22.0. The van der Waals surface area contributed by atoms with Crippen LogP contribution < -0.4 is 16.4 Å². The highest BCUT2D eigenvalue weighted by molar-refractivity contribution is 5.99. The lowest BCUT2D eigenvalue weighted by atomic mass is 10.1. The molecular weight excluding hydrogens is 441 g/mol. The molecule has 1 unspecified atom stereocenters. The van der Waals surface area contributed by atoms with Crippen molar-refractivity contribution in [3.8, 4) is 11.3 Å². The molecule has 0 spiro atoms. The number of aromatic nitrogens is 7. The largest absolute Gasteiger partial charge is 0.371 e. The quantitative estimate of drug-likeness (QED) is 0.382. The van der Waals surface area contributed by atoms with E-state index in [0.29, 0.717) is 15.8 Å². The summed E-state index contributed by atoms with van der Waals surface area (Å²) in [6.07, 6.45) is -0.0344. The van der Waals surface area contributed by atoms with Gasteiger partial charge >= 0.3 is 0 Å². The molecule has 4 heterocycles. The fourth-order valence-electron chi connectivity index (χ4n) is 3.25. The number of hydrogen-bond donors (Lipinski definition) is 3. The van der Waals surface area contributed by atoms with Crippen LogP contribution >= 0.6 is 0 Å². The van der Waals surface area contributed by atoms with Crippen LogP contribution in [0.25, 0.3) is 22.3 Å². The summed E-state index contributed by atoms with van der Waals surface area (Å²) in [6.45, 7) is 1.48. The van der Waals surface area contributed by atoms with Crippen molar-refractivity contribution in [1.29, 1.82) is 0 Å². The number of aryl methyl sites for hydroxylation is 2. The molecule has 0 aliphatic carbocycles. The minimum atomic E-state index is -3.25. The first-order chi connectivity index (χ1) is 15.7. The lowest BCUT2D eigenvalue weighted by molar-refractivity contribution is 0.000657. The van der Waals surface area contributed by atoms with Gasteiger partial charge in [-0.15, -0.1) is 0 Å². The minimum Gasteiger partial charge on any atom is -0.371 e. The molecule has 4 rings (SSSR count). The molecule has 0 saturated heterocycles. The Morgan fingerprint density at radius 2 is 1.94 bits per heavy atom. The van der Waals surface area contributed by atoms with Crippen LogP contribution in [0, 0.1) is 6.92 Å². The average molecular weight is 460 g/mol. The number of nitrogens with two attached hydrogens (primary N) is 1. The number of nitrogens with zero attached hydrogens (tertiary/aromatic N) is 7. The van der Waals surface area contributed by atoms with E-state index in [-0.39, 0.29) is 34.4 Å².